The summed E-state index contributed by atoms with van der Waals surface area (Å²) in [6.07, 6.45) is 3.28. The van der Waals surface area contributed by atoms with Crippen molar-refractivity contribution in [2.45, 2.75) is 58.2 Å². The van der Waals surface area contributed by atoms with Gasteiger partial charge in [0, 0.05) is 11.8 Å². The van der Waals surface area contributed by atoms with E-state index < -0.39 is 0 Å². The largest absolute Gasteiger partial charge is 0.461 e. The van der Waals surface area contributed by atoms with Crippen molar-refractivity contribution in [1.82, 2.24) is 9.97 Å². The summed E-state index contributed by atoms with van der Waals surface area (Å²) in [7, 11) is 0. The number of esters is 1. The second kappa shape index (κ2) is 7.99. The van der Waals surface area contributed by atoms with Gasteiger partial charge in [0.15, 0.2) is 5.16 Å². The first-order valence-corrected chi connectivity index (χ1v) is 9.24. The molecule has 1 saturated carbocycles. The average Bonchev–Trinajstić information content (AvgIpc) is 2.44. The maximum atomic E-state index is 12.2. The molecular weight excluding hydrogens is 312 g/mol. The zero-order chi connectivity index (χ0) is 17.0. The van der Waals surface area contributed by atoms with Gasteiger partial charge in [-0.3, -0.25) is 9.59 Å². The Balaban J connectivity index is 1.91. The van der Waals surface area contributed by atoms with E-state index in [1.54, 1.807) is 6.92 Å². The third-order valence-electron chi connectivity index (χ3n) is 4.42. The van der Waals surface area contributed by atoms with Crippen molar-refractivity contribution in [2.75, 3.05) is 5.75 Å². The lowest BCUT2D eigenvalue weighted by molar-refractivity contribution is -0.152. The normalized spacial score (nSPS) is 24.7. The van der Waals surface area contributed by atoms with Crippen molar-refractivity contribution in [2.24, 2.45) is 17.8 Å². The monoisotopic (exact) mass is 338 g/mol. The van der Waals surface area contributed by atoms with Crippen molar-refractivity contribution in [3.05, 3.63) is 22.1 Å². The van der Waals surface area contributed by atoms with Gasteiger partial charge in [-0.2, -0.15) is 0 Å². The molecule has 0 spiro atoms. The number of hydrogen-bond acceptors (Lipinski definition) is 5. The van der Waals surface area contributed by atoms with Gasteiger partial charge >= 0.3 is 5.97 Å². The summed E-state index contributed by atoms with van der Waals surface area (Å²) in [6, 6.07) is 1.43. The van der Waals surface area contributed by atoms with Gasteiger partial charge in [-0.05, 0) is 37.5 Å². The lowest BCUT2D eigenvalue weighted by atomic mass is 9.75. The molecule has 1 aromatic rings. The molecule has 0 amide bonds. The molecule has 0 aliphatic heterocycles. The van der Waals surface area contributed by atoms with Gasteiger partial charge in [-0.25, -0.2) is 4.98 Å². The molecule has 0 aromatic carbocycles. The molecule has 0 bridgehead atoms. The first-order valence-electron chi connectivity index (χ1n) is 8.25. The predicted octanol–water partition coefficient (Wildman–Crippen LogP) is 3.17. The Morgan fingerprint density at radius 3 is 2.87 bits per heavy atom. The van der Waals surface area contributed by atoms with E-state index in [9.17, 15) is 9.59 Å². The van der Waals surface area contributed by atoms with Crippen molar-refractivity contribution in [1.29, 1.82) is 0 Å². The van der Waals surface area contributed by atoms with Gasteiger partial charge in [0.1, 0.15) is 6.10 Å². The fourth-order valence-corrected chi connectivity index (χ4v) is 3.90. The number of nitrogens with one attached hydrogen (secondary N) is 1. The molecule has 1 heterocycles. The number of ether oxygens (including phenoxy) is 1. The molecular formula is C17H26N2O3S. The van der Waals surface area contributed by atoms with Crippen LogP contribution in [0.5, 0.6) is 0 Å². The third-order valence-corrected chi connectivity index (χ3v) is 5.27. The Hall–Kier alpha value is -1.30. The second-order valence-corrected chi connectivity index (χ2v) is 7.80. The standard InChI is InChI=1S/C17H26N2O3S/c1-10(2)13-6-5-11(3)7-14(13)22-16(21)9-23-17-18-12(4)8-15(20)19-17/h8,10-11,13-14H,5-7,9H2,1-4H3,(H,18,19,20)/t11-,13-,14-/m0/s1. The molecule has 1 fully saturated rings. The minimum atomic E-state index is -0.232. The van der Waals surface area contributed by atoms with Crippen LogP contribution < -0.4 is 5.56 Å². The lowest BCUT2D eigenvalue weighted by Crippen LogP contribution is -2.36. The minimum absolute atomic E-state index is 0.0105. The van der Waals surface area contributed by atoms with Gasteiger partial charge < -0.3 is 9.72 Å². The molecule has 128 valence electrons. The molecule has 1 aliphatic rings. The summed E-state index contributed by atoms with van der Waals surface area (Å²) in [5, 5.41) is 0.462. The molecule has 3 atom stereocenters. The zero-order valence-corrected chi connectivity index (χ0v) is 15.1. The molecule has 2 rings (SSSR count). The summed E-state index contributed by atoms with van der Waals surface area (Å²) in [5.74, 6) is 1.50. The number of rotatable bonds is 5. The van der Waals surface area contributed by atoms with Gasteiger partial charge in [-0.15, -0.1) is 0 Å². The number of aromatic amines is 1. The fourth-order valence-electron chi connectivity index (χ4n) is 3.20. The van der Waals surface area contributed by atoms with Gasteiger partial charge in [0.2, 0.25) is 0 Å². The number of aromatic nitrogens is 2. The fraction of sp³-hybridized carbons (Fsp3) is 0.706. The predicted molar refractivity (Wildman–Crippen MR) is 91.5 cm³/mol. The van der Waals surface area contributed by atoms with Crippen molar-refractivity contribution in [3.8, 4) is 0 Å². The smallest absolute Gasteiger partial charge is 0.316 e. The van der Waals surface area contributed by atoms with Gasteiger partial charge in [0.05, 0.1) is 5.75 Å². The number of aryl methyl sites for hydroxylation is 1. The Morgan fingerprint density at radius 1 is 1.48 bits per heavy atom. The van der Waals surface area contributed by atoms with Crippen LogP contribution in [0.3, 0.4) is 0 Å². The molecule has 1 aliphatic carbocycles. The van der Waals surface area contributed by atoms with Crippen molar-refractivity contribution in [3.63, 3.8) is 0 Å². The molecule has 6 heteroatoms. The Labute approximate surface area is 141 Å². The van der Waals surface area contributed by atoms with Crippen molar-refractivity contribution < 1.29 is 9.53 Å². The Kier molecular flexibility index (Phi) is 6.27. The highest BCUT2D eigenvalue weighted by atomic mass is 32.2. The van der Waals surface area contributed by atoms with E-state index in [0.717, 1.165) is 12.8 Å². The summed E-state index contributed by atoms with van der Waals surface area (Å²) in [5.41, 5.74) is 0.444. The Morgan fingerprint density at radius 2 is 2.22 bits per heavy atom. The van der Waals surface area contributed by atoms with Gasteiger partial charge in [0.25, 0.3) is 5.56 Å². The van der Waals surface area contributed by atoms with E-state index in [1.807, 2.05) is 0 Å². The first-order chi connectivity index (χ1) is 10.8. The first kappa shape index (κ1) is 18.0. The molecule has 1 N–H and O–H groups in total. The van der Waals surface area contributed by atoms with E-state index >= 15 is 0 Å². The van der Waals surface area contributed by atoms with Crippen LogP contribution in [0.15, 0.2) is 16.0 Å². The molecule has 0 saturated heterocycles. The van der Waals surface area contributed by atoms with Crippen LogP contribution in [0.1, 0.15) is 45.7 Å². The maximum absolute atomic E-state index is 12.2. The average molecular weight is 338 g/mol. The highest BCUT2D eigenvalue weighted by Gasteiger charge is 2.33. The van der Waals surface area contributed by atoms with E-state index in [-0.39, 0.29) is 23.4 Å². The van der Waals surface area contributed by atoms with Crippen LogP contribution in [0.4, 0.5) is 0 Å². The molecule has 0 unspecified atom stereocenters. The van der Waals surface area contributed by atoms with Crippen LogP contribution in [-0.2, 0) is 9.53 Å². The zero-order valence-electron chi connectivity index (χ0n) is 14.3. The molecule has 0 radical (unpaired) electrons. The van der Waals surface area contributed by atoms with E-state index in [4.69, 9.17) is 4.74 Å². The summed E-state index contributed by atoms with van der Waals surface area (Å²) in [6.45, 7) is 8.36. The molecule has 5 nitrogen and oxygen atoms in total. The lowest BCUT2D eigenvalue weighted by Gasteiger charge is -2.36. The minimum Gasteiger partial charge on any atom is -0.461 e. The third kappa shape index (κ3) is 5.37. The number of carbonyl (C=O) groups excluding carboxylic acids is 1. The van der Waals surface area contributed by atoms with Gasteiger partial charge in [-0.1, -0.05) is 39.0 Å². The maximum Gasteiger partial charge on any atom is 0.316 e. The summed E-state index contributed by atoms with van der Waals surface area (Å²) >= 11 is 1.21. The molecule has 23 heavy (non-hydrogen) atoms. The van der Waals surface area contributed by atoms with Crippen LogP contribution >= 0.6 is 11.8 Å². The highest BCUT2D eigenvalue weighted by molar-refractivity contribution is 7.99. The van der Waals surface area contributed by atoms with Crippen LogP contribution in [0.25, 0.3) is 0 Å². The van der Waals surface area contributed by atoms with Crippen LogP contribution in [0, 0.1) is 24.7 Å². The number of thioether (sulfide) groups is 1. The number of nitrogens with zero attached hydrogens (tertiary/aromatic N) is 1. The number of H-pyrrole nitrogens is 1. The molecule has 1 aromatic heterocycles. The highest BCUT2D eigenvalue weighted by Crippen LogP contribution is 2.35. The SMILES string of the molecule is Cc1cc(=O)[nH]c(SCC(=O)O[C@H]2C[C@@H](C)CC[C@H]2C(C)C)n1. The van der Waals surface area contributed by atoms with Crippen LogP contribution in [-0.4, -0.2) is 27.8 Å². The number of hydrogen-bond donors (Lipinski definition) is 1. The van der Waals surface area contributed by atoms with E-state index in [1.165, 1.54) is 24.2 Å². The Bertz CT molecular complexity index is 600. The number of carbonyl (C=O) groups is 1. The summed E-state index contributed by atoms with van der Waals surface area (Å²) < 4.78 is 5.74. The van der Waals surface area contributed by atoms with Crippen molar-refractivity contribution >= 4 is 17.7 Å². The van der Waals surface area contributed by atoms with E-state index in [2.05, 4.69) is 30.7 Å². The van der Waals surface area contributed by atoms with E-state index in [0.29, 0.717) is 28.6 Å². The summed E-state index contributed by atoms with van der Waals surface area (Å²) in [4.78, 5) is 30.4. The second-order valence-electron chi connectivity index (χ2n) is 6.84. The quantitative estimate of drug-likeness (QED) is 0.507. The topological polar surface area (TPSA) is 72.0 Å². The van der Waals surface area contributed by atoms with Crippen LogP contribution in [0.2, 0.25) is 0 Å².